The molecule has 0 radical (unpaired) electrons. The molecule has 0 aliphatic rings. The number of nitrogen functional groups attached to an aromatic ring is 1. The Bertz CT molecular complexity index is 432. The summed E-state index contributed by atoms with van der Waals surface area (Å²) in [6.45, 7) is 2.41. The monoisotopic (exact) mass is 235 g/mol. The van der Waals surface area contributed by atoms with Gasteiger partial charge in [0.2, 0.25) is 0 Å². The van der Waals surface area contributed by atoms with Crippen molar-refractivity contribution in [2.75, 3.05) is 19.3 Å². The van der Waals surface area contributed by atoms with Crippen LogP contribution in [0.25, 0.3) is 0 Å². The molecule has 1 amide bonds. The number of aromatic amines is 1. The van der Waals surface area contributed by atoms with E-state index < -0.39 is 0 Å². The lowest BCUT2D eigenvalue weighted by Gasteiger charge is -2.13. The van der Waals surface area contributed by atoms with E-state index in [1.165, 1.54) is 4.90 Å². The number of rotatable bonds is 5. The molecule has 1 aromatic rings. The first-order chi connectivity index (χ1) is 8.11. The molecule has 1 aromatic heterocycles. The average molecular weight is 235 g/mol. The van der Waals surface area contributed by atoms with E-state index in [1.807, 2.05) is 13.0 Å². The standard InChI is InChI=1S/C11H17N5O/c1-3-5-8-9(13)10(15-14-8)11(17)16(2)7-4-6-12/h3-5,7,13H2,1-2H3,(H,14,15). The number of aromatic nitrogens is 2. The van der Waals surface area contributed by atoms with Gasteiger partial charge in [0.25, 0.3) is 5.91 Å². The van der Waals surface area contributed by atoms with Crippen LogP contribution in [0.3, 0.4) is 0 Å². The average Bonchev–Trinajstić information content (AvgIpc) is 2.68. The molecule has 0 aromatic carbocycles. The number of hydrogen-bond acceptors (Lipinski definition) is 4. The second-order valence-electron chi connectivity index (χ2n) is 3.85. The quantitative estimate of drug-likeness (QED) is 0.793. The molecule has 1 heterocycles. The number of hydrogen-bond donors (Lipinski definition) is 2. The predicted molar refractivity (Wildman–Crippen MR) is 64.2 cm³/mol. The van der Waals surface area contributed by atoms with E-state index >= 15 is 0 Å². The third kappa shape index (κ3) is 2.97. The van der Waals surface area contributed by atoms with Crippen LogP contribution < -0.4 is 5.73 Å². The van der Waals surface area contributed by atoms with Crippen molar-refractivity contribution in [2.24, 2.45) is 0 Å². The van der Waals surface area contributed by atoms with Crippen molar-refractivity contribution in [3.63, 3.8) is 0 Å². The van der Waals surface area contributed by atoms with E-state index in [1.54, 1.807) is 7.05 Å². The maximum atomic E-state index is 11.9. The summed E-state index contributed by atoms with van der Waals surface area (Å²) < 4.78 is 0. The smallest absolute Gasteiger partial charge is 0.276 e. The molecule has 0 saturated heterocycles. The number of anilines is 1. The van der Waals surface area contributed by atoms with Gasteiger partial charge in [-0.05, 0) is 6.42 Å². The van der Waals surface area contributed by atoms with Crippen molar-refractivity contribution < 1.29 is 4.79 Å². The van der Waals surface area contributed by atoms with Crippen LogP contribution in [-0.4, -0.2) is 34.6 Å². The molecule has 0 fully saturated rings. The van der Waals surface area contributed by atoms with Crippen LogP contribution in [0.1, 0.15) is 35.9 Å². The minimum atomic E-state index is -0.253. The van der Waals surface area contributed by atoms with Gasteiger partial charge in [-0.15, -0.1) is 0 Å². The highest BCUT2D eigenvalue weighted by Gasteiger charge is 2.19. The summed E-state index contributed by atoms with van der Waals surface area (Å²) in [5.74, 6) is -0.253. The zero-order chi connectivity index (χ0) is 12.8. The molecule has 0 unspecified atom stereocenters. The number of aryl methyl sites for hydroxylation is 1. The Kier molecular flexibility index (Phi) is 4.52. The minimum Gasteiger partial charge on any atom is -0.395 e. The zero-order valence-electron chi connectivity index (χ0n) is 10.2. The number of amides is 1. The van der Waals surface area contributed by atoms with Crippen LogP contribution >= 0.6 is 0 Å². The van der Waals surface area contributed by atoms with Gasteiger partial charge in [0.05, 0.1) is 23.9 Å². The lowest BCUT2D eigenvalue weighted by Crippen LogP contribution is -2.28. The van der Waals surface area contributed by atoms with Crippen LogP contribution in [0, 0.1) is 11.3 Å². The van der Waals surface area contributed by atoms with E-state index in [0.29, 0.717) is 18.7 Å². The molecular weight excluding hydrogens is 218 g/mol. The highest BCUT2D eigenvalue weighted by Crippen LogP contribution is 2.16. The van der Waals surface area contributed by atoms with Crippen LogP contribution in [0.5, 0.6) is 0 Å². The predicted octanol–water partition coefficient (Wildman–Crippen LogP) is 0.930. The van der Waals surface area contributed by atoms with Gasteiger partial charge in [-0.1, -0.05) is 13.3 Å². The van der Waals surface area contributed by atoms with Gasteiger partial charge in [0, 0.05) is 13.6 Å². The molecule has 6 nitrogen and oxygen atoms in total. The van der Waals surface area contributed by atoms with E-state index in [4.69, 9.17) is 11.0 Å². The lowest BCUT2D eigenvalue weighted by molar-refractivity contribution is 0.0793. The lowest BCUT2D eigenvalue weighted by atomic mass is 10.2. The molecule has 1 rings (SSSR count). The molecule has 6 heteroatoms. The normalized spacial score (nSPS) is 9.94. The first kappa shape index (κ1) is 13.0. The molecule has 0 saturated carbocycles. The largest absolute Gasteiger partial charge is 0.395 e. The summed E-state index contributed by atoms with van der Waals surface area (Å²) in [5, 5.41) is 15.2. The van der Waals surface area contributed by atoms with Gasteiger partial charge >= 0.3 is 0 Å². The first-order valence-corrected chi connectivity index (χ1v) is 5.56. The Hall–Kier alpha value is -2.03. The van der Waals surface area contributed by atoms with E-state index in [2.05, 4.69) is 10.2 Å². The van der Waals surface area contributed by atoms with Crippen molar-refractivity contribution in [2.45, 2.75) is 26.2 Å². The second kappa shape index (κ2) is 5.89. The second-order valence-corrected chi connectivity index (χ2v) is 3.85. The summed E-state index contributed by atoms with van der Waals surface area (Å²) >= 11 is 0. The number of carbonyl (C=O) groups excluding carboxylic acids is 1. The molecule has 0 atom stereocenters. The summed E-state index contributed by atoms with van der Waals surface area (Å²) in [6.07, 6.45) is 2.01. The van der Waals surface area contributed by atoms with E-state index in [0.717, 1.165) is 18.5 Å². The fourth-order valence-corrected chi connectivity index (χ4v) is 1.49. The highest BCUT2D eigenvalue weighted by molar-refractivity contribution is 5.97. The Morgan fingerprint density at radius 2 is 2.35 bits per heavy atom. The molecule has 0 aliphatic carbocycles. The molecule has 0 bridgehead atoms. The first-order valence-electron chi connectivity index (χ1n) is 5.56. The van der Waals surface area contributed by atoms with Crippen LogP contribution in [0.2, 0.25) is 0 Å². The summed E-state index contributed by atoms with van der Waals surface area (Å²) in [4.78, 5) is 13.4. The molecule has 92 valence electrons. The molecule has 0 aliphatic heterocycles. The van der Waals surface area contributed by atoms with E-state index in [-0.39, 0.29) is 11.6 Å². The van der Waals surface area contributed by atoms with Gasteiger partial charge in [-0.25, -0.2) is 0 Å². The number of nitrogens with two attached hydrogens (primary N) is 1. The SMILES string of the molecule is CCCc1[nH]nc(C(=O)N(C)CCC#N)c1N. The fourth-order valence-electron chi connectivity index (χ4n) is 1.49. The topological polar surface area (TPSA) is 98.8 Å². The van der Waals surface area contributed by atoms with Gasteiger partial charge in [0.1, 0.15) is 0 Å². The Morgan fingerprint density at radius 1 is 1.65 bits per heavy atom. The third-order valence-corrected chi connectivity index (χ3v) is 2.49. The van der Waals surface area contributed by atoms with Gasteiger partial charge in [-0.3, -0.25) is 9.89 Å². The Labute approximate surface area is 100 Å². The van der Waals surface area contributed by atoms with Crippen molar-refractivity contribution in [1.82, 2.24) is 15.1 Å². The highest BCUT2D eigenvalue weighted by atomic mass is 16.2. The molecular formula is C11H17N5O. The molecule has 3 N–H and O–H groups in total. The van der Waals surface area contributed by atoms with Gasteiger partial charge in [0.15, 0.2) is 5.69 Å². The maximum Gasteiger partial charge on any atom is 0.276 e. The summed E-state index contributed by atoms with van der Waals surface area (Å²) in [6, 6.07) is 1.99. The number of nitrogens with zero attached hydrogens (tertiary/aromatic N) is 3. The van der Waals surface area contributed by atoms with Crippen molar-refractivity contribution in [3.05, 3.63) is 11.4 Å². The molecule has 17 heavy (non-hydrogen) atoms. The third-order valence-electron chi connectivity index (χ3n) is 2.49. The Morgan fingerprint density at radius 3 is 2.94 bits per heavy atom. The maximum absolute atomic E-state index is 11.9. The number of H-pyrrole nitrogens is 1. The zero-order valence-corrected chi connectivity index (χ0v) is 10.2. The van der Waals surface area contributed by atoms with Crippen molar-refractivity contribution in [1.29, 1.82) is 5.26 Å². The number of carbonyl (C=O) groups is 1. The fraction of sp³-hybridized carbons (Fsp3) is 0.545. The van der Waals surface area contributed by atoms with Gasteiger partial charge in [-0.2, -0.15) is 10.4 Å². The van der Waals surface area contributed by atoms with Crippen molar-refractivity contribution in [3.8, 4) is 6.07 Å². The summed E-state index contributed by atoms with van der Waals surface area (Å²) in [5.41, 5.74) is 7.31. The van der Waals surface area contributed by atoms with Crippen LogP contribution in [0.4, 0.5) is 5.69 Å². The number of nitrogens with one attached hydrogen (secondary N) is 1. The summed E-state index contributed by atoms with van der Waals surface area (Å²) in [7, 11) is 1.63. The Balaban J connectivity index is 2.79. The van der Waals surface area contributed by atoms with E-state index in [9.17, 15) is 4.79 Å². The molecule has 0 spiro atoms. The van der Waals surface area contributed by atoms with Crippen LogP contribution in [-0.2, 0) is 6.42 Å². The van der Waals surface area contributed by atoms with Crippen molar-refractivity contribution >= 4 is 11.6 Å². The van der Waals surface area contributed by atoms with Gasteiger partial charge < -0.3 is 10.6 Å². The number of nitriles is 1. The minimum absolute atomic E-state index is 0.244. The van der Waals surface area contributed by atoms with Crippen LogP contribution in [0.15, 0.2) is 0 Å².